The highest BCUT2D eigenvalue weighted by atomic mass is 79.9. The van der Waals surface area contributed by atoms with Gasteiger partial charge in [-0.2, -0.15) is 0 Å². The Labute approximate surface area is 152 Å². The fourth-order valence-corrected chi connectivity index (χ4v) is 3.77. The Morgan fingerprint density at radius 1 is 1.12 bits per heavy atom. The molecule has 1 amide bonds. The molecule has 126 valence electrons. The van der Waals surface area contributed by atoms with E-state index < -0.39 is 5.97 Å². The summed E-state index contributed by atoms with van der Waals surface area (Å²) in [5.74, 6) is -1.27. The third-order valence-electron chi connectivity index (χ3n) is 4.45. The lowest BCUT2D eigenvalue weighted by Gasteiger charge is -2.31. The van der Waals surface area contributed by atoms with E-state index in [2.05, 4.69) is 15.9 Å². The topological polar surface area (TPSA) is 46.6 Å². The number of rotatable bonds is 2. The number of amides is 1. The SMILES string of the molecule is O=C1OCC2=C1C(c1cccc(Br)c1)CC(=O)N2c1ccc(F)cc1. The van der Waals surface area contributed by atoms with Crippen molar-refractivity contribution in [3.63, 3.8) is 0 Å². The summed E-state index contributed by atoms with van der Waals surface area (Å²) in [7, 11) is 0. The molecule has 2 aliphatic heterocycles. The second-order valence-electron chi connectivity index (χ2n) is 5.95. The summed E-state index contributed by atoms with van der Waals surface area (Å²) in [4.78, 5) is 26.6. The van der Waals surface area contributed by atoms with Gasteiger partial charge in [0.2, 0.25) is 5.91 Å². The molecular formula is C19H13BrFNO3. The van der Waals surface area contributed by atoms with E-state index in [9.17, 15) is 14.0 Å². The highest BCUT2D eigenvalue weighted by Crippen LogP contribution is 2.42. The molecule has 2 heterocycles. The standard InChI is InChI=1S/C19H13BrFNO3/c20-12-3-1-2-11(8-12)15-9-17(23)22(14-6-4-13(21)5-7-14)16-10-25-19(24)18(15)16/h1-8,15H,9-10H2. The number of anilines is 1. The van der Waals surface area contributed by atoms with Crippen molar-refractivity contribution in [2.24, 2.45) is 0 Å². The van der Waals surface area contributed by atoms with Gasteiger partial charge in [0.25, 0.3) is 0 Å². The van der Waals surface area contributed by atoms with Crippen LogP contribution in [0.3, 0.4) is 0 Å². The maximum Gasteiger partial charge on any atom is 0.336 e. The summed E-state index contributed by atoms with van der Waals surface area (Å²) in [6, 6.07) is 13.2. The quantitative estimate of drug-likeness (QED) is 0.716. The van der Waals surface area contributed by atoms with Gasteiger partial charge in [0.1, 0.15) is 12.4 Å². The van der Waals surface area contributed by atoms with E-state index in [0.717, 1.165) is 10.0 Å². The maximum absolute atomic E-state index is 13.2. The van der Waals surface area contributed by atoms with E-state index in [-0.39, 0.29) is 30.7 Å². The maximum atomic E-state index is 13.2. The van der Waals surface area contributed by atoms with E-state index in [1.807, 2.05) is 24.3 Å². The molecule has 0 saturated heterocycles. The van der Waals surface area contributed by atoms with Crippen molar-refractivity contribution in [1.82, 2.24) is 0 Å². The predicted molar refractivity (Wildman–Crippen MR) is 93.4 cm³/mol. The Bertz CT molecular complexity index is 907. The largest absolute Gasteiger partial charge is 0.456 e. The zero-order valence-electron chi connectivity index (χ0n) is 13.0. The van der Waals surface area contributed by atoms with Crippen molar-refractivity contribution in [2.75, 3.05) is 11.5 Å². The molecule has 0 aromatic heterocycles. The molecule has 0 saturated carbocycles. The molecule has 6 heteroatoms. The van der Waals surface area contributed by atoms with Crippen LogP contribution in [-0.4, -0.2) is 18.5 Å². The molecule has 0 aliphatic carbocycles. The molecular weight excluding hydrogens is 389 g/mol. The normalized spacial score (nSPS) is 19.9. The minimum absolute atomic E-state index is 0.0434. The molecule has 1 unspecified atom stereocenters. The molecule has 0 spiro atoms. The average Bonchev–Trinajstić information content (AvgIpc) is 2.97. The lowest BCUT2D eigenvalue weighted by Crippen LogP contribution is -2.37. The van der Waals surface area contributed by atoms with Gasteiger partial charge in [-0.15, -0.1) is 0 Å². The van der Waals surface area contributed by atoms with Gasteiger partial charge in [-0.3, -0.25) is 9.69 Å². The van der Waals surface area contributed by atoms with Crippen molar-refractivity contribution < 1.29 is 18.7 Å². The van der Waals surface area contributed by atoms with Crippen molar-refractivity contribution in [2.45, 2.75) is 12.3 Å². The first kappa shape index (κ1) is 16.0. The molecule has 4 nitrogen and oxygen atoms in total. The third-order valence-corrected chi connectivity index (χ3v) is 4.95. The fourth-order valence-electron chi connectivity index (χ4n) is 3.35. The van der Waals surface area contributed by atoms with Crippen LogP contribution >= 0.6 is 15.9 Å². The van der Waals surface area contributed by atoms with Crippen LogP contribution in [0, 0.1) is 5.82 Å². The Balaban J connectivity index is 1.83. The molecule has 25 heavy (non-hydrogen) atoms. The van der Waals surface area contributed by atoms with Crippen LogP contribution in [0.25, 0.3) is 0 Å². The van der Waals surface area contributed by atoms with Gasteiger partial charge in [-0.05, 0) is 42.0 Å². The summed E-state index contributed by atoms with van der Waals surface area (Å²) in [5, 5.41) is 0. The summed E-state index contributed by atoms with van der Waals surface area (Å²) >= 11 is 3.42. The van der Waals surface area contributed by atoms with E-state index in [0.29, 0.717) is 17.0 Å². The lowest BCUT2D eigenvalue weighted by atomic mass is 9.84. The lowest BCUT2D eigenvalue weighted by molar-refractivity contribution is -0.136. The second kappa shape index (κ2) is 6.11. The summed E-state index contributed by atoms with van der Waals surface area (Å²) in [6.45, 7) is 0.0434. The monoisotopic (exact) mass is 401 g/mol. The van der Waals surface area contributed by atoms with Crippen LogP contribution in [0.5, 0.6) is 0 Å². The number of halogens is 2. The van der Waals surface area contributed by atoms with Gasteiger partial charge >= 0.3 is 5.97 Å². The first-order chi connectivity index (χ1) is 12.0. The van der Waals surface area contributed by atoms with E-state index in [1.165, 1.54) is 29.2 Å². The van der Waals surface area contributed by atoms with Crippen LogP contribution in [0.1, 0.15) is 17.9 Å². The Kier molecular flexibility index (Phi) is 3.92. The predicted octanol–water partition coefficient (Wildman–Crippen LogP) is 3.92. The minimum Gasteiger partial charge on any atom is -0.456 e. The smallest absolute Gasteiger partial charge is 0.336 e. The van der Waals surface area contributed by atoms with E-state index >= 15 is 0 Å². The molecule has 4 rings (SSSR count). The number of cyclic esters (lactones) is 1. The van der Waals surface area contributed by atoms with Crippen molar-refractivity contribution >= 4 is 33.5 Å². The number of nitrogens with zero attached hydrogens (tertiary/aromatic N) is 1. The Morgan fingerprint density at radius 3 is 2.60 bits per heavy atom. The first-order valence-electron chi connectivity index (χ1n) is 7.79. The van der Waals surface area contributed by atoms with Gasteiger partial charge in [0.05, 0.1) is 11.3 Å². The molecule has 0 fully saturated rings. The molecule has 2 aliphatic rings. The molecule has 0 N–H and O–H groups in total. The van der Waals surface area contributed by atoms with Gasteiger partial charge in [-0.1, -0.05) is 28.1 Å². The average molecular weight is 402 g/mol. The first-order valence-corrected chi connectivity index (χ1v) is 8.58. The van der Waals surface area contributed by atoms with Crippen molar-refractivity contribution in [1.29, 1.82) is 0 Å². The minimum atomic E-state index is -0.403. The van der Waals surface area contributed by atoms with E-state index in [1.54, 1.807) is 0 Å². The Morgan fingerprint density at radius 2 is 1.88 bits per heavy atom. The zero-order chi connectivity index (χ0) is 17.6. The number of esters is 1. The van der Waals surface area contributed by atoms with Crippen LogP contribution in [0.2, 0.25) is 0 Å². The number of ether oxygens (including phenoxy) is 1. The molecule has 2 aromatic rings. The zero-order valence-corrected chi connectivity index (χ0v) is 14.6. The van der Waals surface area contributed by atoms with Gasteiger partial charge in [-0.25, -0.2) is 9.18 Å². The van der Waals surface area contributed by atoms with Gasteiger partial charge < -0.3 is 4.74 Å². The Hall–Kier alpha value is -2.47. The number of carbonyl (C=O) groups is 2. The third kappa shape index (κ3) is 2.76. The van der Waals surface area contributed by atoms with E-state index in [4.69, 9.17) is 4.74 Å². The highest BCUT2D eigenvalue weighted by molar-refractivity contribution is 9.10. The van der Waals surface area contributed by atoms with Crippen LogP contribution < -0.4 is 4.90 Å². The summed E-state index contributed by atoms with van der Waals surface area (Å²) in [5.41, 5.74) is 2.46. The summed E-state index contributed by atoms with van der Waals surface area (Å²) in [6.07, 6.45) is 0.155. The molecule has 1 atom stereocenters. The number of carbonyl (C=O) groups excluding carboxylic acids is 2. The van der Waals surface area contributed by atoms with Crippen molar-refractivity contribution in [3.8, 4) is 0 Å². The fraction of sp³-hybridized carbons (Fsp3) is 0.158. The van der Waals surface area contributed by atoms with Gasteiger partial charge in [0.15, 0.2) is 0 Å². The number of hydrogen-bond donors (Lipinski definition) is 0. The van der Waals surface area contributed by atoms with Gasteiger partial charge in [0, 0.05) is 22.5 Å². The van der Waals surface area contributed by atoms with Crippen molar-refractivity contribution in [3.05, 3.63) is 75.7 Å². The number of benzene rings is 2. The molecule has 2 aromatic carbocycles. The highest BCUT2D eigenvalue weighted by Gasteiger charge is 2.42. The number of hydrogen-bond acceptors (Lipinski definition) is 3. The van der Waals surface area contributed by atoms with Crippen LogP contribution in [0.15, 0.2) is 64.3 Å². The second-order valence-corrected chi connectivity index (χ2v) is 6.87. The summed E-state index contributed by atoms with van der Waals surface area (Å²) < 4.78 is 19.3. The van der Waals surface area contributed by atoms with Crippen LogP contribution in [-0.2, 0) is 14.3 Å². The molecule has 0 bridgehead atoms. The molecule has 0 radical (unpaired) electrons. The van der Waals surface area contributed by atoms with Crippen LogP contribution in [0.4, 0.5) is 10.1 Å².